The molecule has 0 bridgehead atoms. The number of halogens is 1. The number of hydrogen-bond donors (Lipinski definition) is 0. The predicted molar refractivity (Wildman–Crippen MR) is 48.6 cm³/mol. The highest BCUT2D eigenvalue weighted by Gasteiger charge is 2.06. The monoisotopic (exact) mass is 203 g/mol. The van der Waals surface area contributed by atoms with Crippen LogP contribution in [0.15, 0.2) is 18.5 Å². The first-order valence-electron chi connectivity index (χ1n) is 4.15. The van der Waals surface area contributed by atoms with Crippen LogP contribution in [-0.2, 0) is 0 Å². The van der Waals surface area contributed by atoms with Crippen LogP contribution in [0, 0.1) is 24.1 Å². The number of aromatic nitrogens is 4. The molecule has 0 aliphatic heterocycles. The summed E-state index contributed by atoms with van der Waals surface area (Å²) in [5, 5.41) is 19.7. The van der Waals surface area contributed by atoms with Crippen LogP contribution in [0.3, 0.4) is 0 Å². The molecule has 74 valence electrons. The molecule has 0 radical (unpaired) electrons. The largest absolute Gasteiger partial charge is 0.236 e. The number of hydrogen-bond acceptors (Lipinski definition) is 4. The number of nitriles is 1. The smallest absolute Gasteiger partial charge is 0.165 e. The number of nitrogens with zero attached hydrogens (tertiary/aromatic N) is 5. The Morgan fingerprint density at radius 1 is 1.53 bits per heavy atom. The lowest BCUT2D eigenvalue weighted by Crippen LogP contribution is -1.98. The van der Waals surface area contributed by atoms with Gasteiger partial charge in [-0.1, -0.05) is 0 Å². The maximum absolute atomic E-state index is 13.0. The highest BCUT2D eigenvalue weighted by molar-refractivity contribution is 5.33. The fraction of sp³-hybridized carbons (Fsp3) is 0.111. The molecule has 0 aliphatic rings. The van der Waals surface area contributed by atoms with Crippen LogP contribution in [0.2, 0.25) is 0 Å². The summed E-state index contributed by atoms with van der Waals surface area (Å²) in [6.07, 6.45) is 2.64. The minimum Gasteiger partial charge on any atom is -0.236 e. The van der Waals surface area contributed by atoms with Crippen LogP contribution in [0.4, 0.5) is 4.39 Å². The van der Waals surface area contributed by atoms with E-state index in [4.69, 9.17) is 5.26 Å². The fourth-order valence-electron chi connectivity index (χ4n) is 1.11. The third kappa shape index (κ3) is 1.67. The summed E-state index contributed by atoms with van der Waals surface area (Å²) in [4.78, 5) is 0. The van der Waals surface area contributed by atoms with Crippen LogP contribution in [0.1, 0.15) is 11.4 Å². The van der Waals surface area contributed by atoms with E-state index in [2.05, 4.69) is 15.3 Å². The first kappa shape index (κ1) is 9.27. The van der Waals surface area contributed by atoms with E-state index in [1.807, 2.05) is 6.07 Å². The SMILES string of the molecule is Cc1nn(-c2cnnc(C#N)c2)cc1F. The van der Waals surface area contributed by atoms with Crippen molar-refractivity contribution in [1.29, 1.82) is 5.26 Å². The van der Waals surface area contributed by atoms with E-state index in [0.29, 0.717) is 11.4 Å². The van der Waals surface area contributed by atoms with Gasteiger partial charge in [-0.2, -0.15) is 15.5 Å². The molecule has 2 heterocycles. The lowest BCUT2D eigenvalue weighted by molar-refractivity contribution is 0.618. The molecular weight excluding hydrogens is 197 g/mol. The van der Waals surface area contributed by atoms with Crippen molar-refractivity contribution in [2.24, 2.45) is 0 Å². The molecule has 0 saturated carbocycles. The zero-order valence-corrected chi connectivity index (χ0v) is 7.85. The van der Waals surface area contributed by atoms with E-state index in [1.54, 1.807) is 6.92 Å². The van der Waals surface area contributed by atoms with E-state index in [9.17, 15) is 4.39 Å². The minimum absolute atomic E-state index is 0.168. The molecule has 0 aliphatic carbocycles. The lowest BCUT2D eigenvalue weighted by atomic mass is 10.4. The van der Waals surface area contributed by atoms with Crippen LogP contribution in [-0.4, -0.2) is 20.0 Å². The van der Waals surface area contributed by atoms with Crippen molar-refractivity contribution in [3.8, 4) is 11.8 Å². The van der Waals surface area contributed by atoms with Gasteiger partial charge in [0.05, 0.1) is 23.8 Å². The summed E-state index contributed by atoms with van der Waals surface area (Å²) in [6, 6.07) is 3.34. The second-order valence-corrected chi connectivity index (χ2v) is 2.92. The summed E-state index contributed by atoms with van der Waals surface area (Å²) < 4.78 is 14.3. The van der Waals surface area contributed by atoms with Crippen LogP contribution in [0.5, 0.6) is 0 Å². The van der Waals surface area contributed by atoms with E-state index in [0.717, 1.165) is 0 Å². The molecule has 6 heteroatoms. The molecule has 15 heavy (non-hydrogen) atoms. The maximum atomic E-state index is 13.0. The van der Waals surface area contributed by atoms with Gasteiger partial charge in [0.2, 0.25) is 0 Å². The van der Waals surface area contributed by atoms with Gasteiger partial charge in [-0.3, -0.25) is 0 Å². The Bertz CT molecular complexity index is 520. The molecular formula is C9H6FN5. The van der Waals surface area contributed by atoms with Gasteiger partial charge < -0.3 is 0 Å². The molecule has 0 fully saturated rings. The molecule has 0 unspecified atom stereocenters. The molecule has 2 aromatic rings. The Hall–Kier alpha value is -2.29. The van der Waals surface area contributed by atoms with Gasteiger partial charge in [0.15, 0.2) is 11.5 Å². The predicted octanol–water partition coefficient (Wildman–Crippen LogP) is 0.982. The van der Waals surface area contributed by atoms with Crippen LogP contribution < -0.4 is 0 Å². The third-order valence-electron chi connectivity index (χ3n) is 1.86. The number of rotatable bonds is 1. The van der Waals surface area contributed by atoms with Gasteiger partial charge in [0.25, 0.3) is 0 Å². The second kappa shape index (κ2) is 3.46. The Morgan fingerprint density at radius 2 is 2.33 bits per heavy atom. The van der Waals surface area contributed by atoms with Crippen molar-refractivity contribution in [3.63, 3.8) is 0 Å². The normalized spacial score (nSPS) is 9.93. The topological polar surface area (TPSA) is 67.4 Å². The molecule has 0 N–H and O–H groups in total. The van der Waals surface area contributed by atoms with Gasteiger partial charge in [-0.25, -0.2) is 9.07 Å². The Kier molecular flexibility index (Phi) is 2.14. The molecule has 0 saturated heterocycles. The summed E-state index contributed by atoms with van der Waals surface area (Å²) >= 11 is 0. The van der Waals surface area contributed by atoms with E-state index < -0.39 is 5.82 Å². The molecule has 0 aromatic carbocycles. The molecule has 5 nitrogen and oxygen atoms in total. The zero-order chi connectivity index (χ0) is 10.8. The van der Waals surface area contributed by atoms with Crippen LogP contribution >= 0.6 is 0 Å². The first-order chi connectivity index (χ1) is 7.20. The molecule has 0 amide bonds. The van der Waals surface area contributed by atoms with Gasteiger partial charge in [-0.05, 0) is 6.92 Å². The van der Waals surface area contributed by atoms with Crippen molar-refractivity contribution in [1.82, 2.24) is 20.0 Å². The first-order valence-corrected chi connectivity index (χ1v) is 4.15. The molecule has 0 atom stereocenters. The van der Waals surface area contributed by atoms with Gasteiger partial charge >= 0.3 is 0 Å². The summed E-state index contributed by atoms with van der Waals surface area (Å²) in [7, 11) is 0. The summed E-state index contributed by atoms with van der Waals surface area (Å²) in [5.74, 6) is -0.398. The van der Waals surface area contributed by atoms with Crippen molar-refractivity contribution >= 4 is 0 Å². The van der Waals surface area contributed by atoms with Crippen molar-refractivity contribution < 1.29 is 4.39 Å². The summed E-state index contributed by atoms with van der Waals surface area (Å²) in [6.45, 7) is 1.56. The van der Waals surface area contributed by atoms with Gasteiger partial charge in [0.1, 0.15) is 6.07 Å². The molecule has 0 spiro atoms. The van der Waals surface area contributed by atoms with E-state index in [1.165, 1.54) is 23.1 Å². The Labute approximate surface area is 84.8 Å². The Morgan fingerprint density at radius 3 is 2.93 bits per heavy atom. The Balaban J connectivity index is 2.50. The summed E-state index contributed by atoms with van der Waals surface area (Å²) in [5.41, 5.74) is 0.972. The molecule has 2 aromatic heterocycles. The standard InChI is InChI=1S/C9H6FN5/c1-6-9(10)5-15(14-6)8-2-7(3-11)13-12-4-8/h2,4-5H,1H3. The highest BCUT2D eigenvalue weighted by Crippen LogP contribution is 2.09. The maximum Gasteiger partial charge on any atom is 0.165 e. The van der Waals surface area contributed by atoms with E-state index in [-0.39, 0.29) is 5.69 Å². The molecule has 2 rings (SSSR count). The van der Waals surface area contributed by atoms with Crippen molar-refractivity contribution in [3.05, 3.63) is 35.7 Å². The number of aryl methyl sites for hydroxylation is 1. The van der Waals surface area contributed by atoms with Crippen molar-refractivity contribution in [2.75, 3.05) is 0 Å². The van der Waals surface area contributed by atoms with E-state index >= 15 is 0 Å². The average molecular weight is 203 g/mol. The van der Waals surface area contributed by atoms with Gasteiger partial charge in [0, 0.05) is 6.07 Å². The minimum atomic E-state index is -0.398. The zero-order valence-electron chi connectivity index (χ0n) is 7.85. The third-order valence-corrected chi connectivity index (χ3v) is 1.86. The quantitative estimate of drug-likeness (QED) is 0.692. The van der Waals surface area contributed by atoms with Gasteiger partial charge in [-0.15, -0.1) is 5.10 Å². The average Bonchev–Trinajstić information content (AvgIpc) is 2.59. The van der Waals surface area contributed by atoms with Crippen LogP contribution in [0.25, 0.3) is 5.69 Å². The van der Waals surface area contributed by atoms with Crippen molar-refractivity contribution in [2.45, 2.75) is 6.92 Å². The fourth-order valence-corrected chi connectivity index (χ4v) is 1.11. The lowest BCUT2D eigenvalue weighted by Gasteiger charge is -1.98. The highest BCUT2D eigenvalue weighted by atomic mass is 19.1. The second-order valence-electron chi connectivity index (χ2n) is 2.92.